The molecule has 0 aromatic rings. The molecule has 0 saturated heterocycles. The normalized spacial score (nSPS) is 27.3. The van der Waals surface area contributed by atoms with Gasteiger partial charge in [-0.3, -0.25) is 4.79 Å². The molecule has 3 nitrogen and oxygen atoms in total. The van der Waals surface area contributed by atoms with Gasteiger partial charge in [-0.1, -0.05) is 6.92 Å². The van der Waals surface area contributed by atoms with E-state index in [0.717, 1.165) is 32.1 Å². The Morgan fingerprint density at radius 3 is 2.57 bits per heavy atom. The van der Waals surface area contributed by atoms with Crippen molar-refractivity contribution in [2.75, 3.05) is 6.61 Å². The van der Waals surface area contributed by atoms with E-state index in [1.807, 2.05) is 0 Å². The van der Waals surface area contributed by atoms with E-state index in [1.165, 1.54) is 0 Å². The van der Waals surface area contributed by atoms with Crippen molar-refractivity contribution in [2.45, 2.75) is 51.6 Å². The van der Waals surface area contributed by atoms with Crippen LogP contribution in [0.5, 0.6) is 0 Å². The van der Waals surface area contributed by atoms with E-state index in [0.29, 0.717) is 18.9 Å². The second-order valence-electron chi connectivity index (χ2n) is 4.04. The van der Waals surface area contributed by atoms with E-state index >= 15 is 0 Å². The molecule has 0 spiro atoms. The van der Waals surface area contributed by atoms with Crippen molar-refractivity contribution in [3.8, 4) is 0 Å². The summed E-state index contributed by atoms with van der Waals surface area (Å²) >= 11 is 0. The van der Waals surface area contributed by atoms with Gasteiger partial charge in [0, 0.05) is 6.42 Å². The van der Waals surface area contributed by atoms with Gasteiger partial charge in [-0.15, -0.1) is 0 Å². The first-order chi connectivity index (χ1) is 6.72. The number of esters is 1. The molecule has 0 aromatic carbocycles. The lowest BCUT2D eigenvalue weighted by Crippen LogP contribution is -2.19. The summed E-state index contributed by atoms with van der Waals surface area (Å²) in [6.07, 6.45) is 5.29. The highest BCUT2D eigenvalue weighted by Crippen LogP contribution is 2.26. The van der Waals surface area contributed by atoms with Gasteiger partial charge in [0.1, 0.15) is 0 Å². The van der Waals surface area contributed by atoms with Crippen LogP contribution < -0.4 is 0 Å². The molecule has 0 aromatic heterocycles. The summed E-state index contributed by atoms with van der Waals surface area (Å²) in [6.45, 7) is 2.35. The molecule has 14 heavy (non-hydrogen) atoms. The van der Waals surface area contributed by atoms with E-state index < -0.39 is 0 Å². The summed E-state index contributed by atoms with van der Waals surface area (Å²) in [6, 6.07) is 0. The molecule has 0 bridgehead atoms. The summed E-state index contributed by atoms with van der Waals surface area (Å²) in [5, 5.41) is 9.29. The second-order valence-corrected chi connectivity index (χ2v) is 4.04. The number of hydrogen-bond donors (Lipinski definition) is 1. The topological polar surface area (TPSA) is 46.5 Å². The summed E-state index contributed by atoms with van der Waals surface area (Å²) in [4.78, 5) is 10.8. The summed E-state index contributed by atoms with van der Waals surface area (Å²) in [5.41, 5.74) is 0. The standard InChI is InChI=1S/C11H20O3/c1-2-11(13)14-8-7-9-3-5-10(12)6-4-9/h9-10,12H,2-8H2,1H3/t9-,10-. The molecule has 1 rings (SSSR count). The van der Waals surface area contributed by atoms with Crippen LogP contribution in [0.15, 0.2) is 0 Å². The largest absolute Gasteiger partial charge is 0.466 e. The predicted molar refractivity (Wildman–Crippen MR) is 53.8 cm³/mol. The van der Waals surface area contributed by atoms with Gasteiger partial charge in [-0.05, 0) is 38.0 Å². The van der Waals surface area contributed by atoms with Gasteiger partial charge in [0.2, 0.25) is 0 Å². The molecule has 3 heteroatoms. The van der Waals surface area contributed by atoms with Gasteiger partial charge in [0.25, 0.3) is 0 Å². The van der Waals surface area contributed by atoms with E-state index in [-0.39, 0.29) is 12.1 Å². The molecule has 82 valence electrons. The van der Waals surface area contributed by atoms with Crippen LogP contribution in [0.25, 0.3) is 0 Å². The Labute approximate surface area is 85.5 Å². The maximum atomic E-state index is 10.8. The molecule has 0 radical (unpaired) electrons. The van der Waals surface area contributed by atoms with Gasteiger partial charge < -0.3 is 9.84 Å². The van der Waals surface area contributed by atoms with Gasteiger partial charge >= 0.3 is 5.97 Å². The number of aliphatic hydroxyl groups is 1. The first-order valence-electron chi connectivity index (χ1n) is 5.56. The maximum absolute atomic E-state index is 10.8. The molecule has 1 N–H and O–H groups in total. The Morgan fingerprint density at radius 2 is 2.00 bits per heavy atom. The lowest BCUT2D eigenvalue weighted by atomic mass is 9.86. The van der Waals surface area contributed by atoms with Crippen LogP contribution in [0, 0.1) is 5.92 Å². The Kier molecular flexibility index (Phi) is 4.94. The summed E-state index contributed by atoms with van der Waals surface area (Å²) < 4.78 is 5.02. The van der Waals surface area contributed by atoms with Gasteiger partial charge in [-0.2, -0.15) is 0 Å². The fourth-order valence-corrected chi connectivity index (χ4v) is 1.88. The smallest absolute Gasteiger partial charge is 0.305 e. The quantitative estimate of drug-likeness (QED) is 0.705. The van der Waals surface area contributed by atoms with E-state index in [1.54, 1.807) is 6.92 Å². The van der Waals surface area contributed by atoms with Crippen LogP contribution >= 0.6 is 0 Å². The molecule has 0 atom stereocenters. The molecule has 0 aliphatic heterocycles. The monoisotopic (exact) mass is 200 g/mol. The Bertz CT molecular complexity index is 171. The molecular formula is C11H20O3. The van der Waals surface area contributed by atoms with Crippen LogP contribution in [-0.2, 0) is 9.53 Å². The van der Waals surface area contributed by atoms with Crippen LogP contribution in [-0.4, -0.2) is 23.8 Å². The third kappa shape index (κ3) is 4.09. The third-order valence-corrected chi connectivity index (χ3v) is 2.89. The molecule has 1 aliphatic rings. The Hall–Kier alpha value is -0.570. The SMILES string of the molecule is CCC(=O)OCC[C@H]1CC[C@H](O)CC1. The van der Waals surface area contributed by atoms with Crippen LogP contribution in [0.2, 0.25) is 0 Å². The fourth-order valence-electron chi connectivity index (χ4n) is 1.88. The van der Waals surface area contributed by atoms with Gasteiger partial charge in [0.05, 0.1) is 12.7 Å². The number of carbonyl (C=O) groups excluding carboxylic acids is 1. The van der Waals surface area contributed by atoms with E-state index in [9.17, 15) is 9.90 Å². The number of aliphatic hydroxyl groups excluding tert-OH is 1. The molecular weight excluding hydrogens is 180 g/mol. The lowest BCUT2D eigenvalue weighted by Gasteiger charge is -2.24. The fraction of sp³-hybridized carbons (Fsp3) is 0.909. The molecule has 0 amide bonds. The number of rotatable bonds is 4. The average molecular weight is 200 g/mol. The highest BCUT2D eigenvalue weighted by molar-refractivity contribution is 5.68. The Morgan fingerprint density at radius 1 is 1.36 bits per heavy atom. The van der Waals surface area contributed by atoms with Crippen molar-refractivity contribution in [3.63, 3.8) is 0 Å². The molecule has 1 fully saturated rings. The van der Waals surface area contributed by atoms with E-state index in [2.05, 4.69) is 0 Å². The molecule has 1 aliphatic carbocycles. The van der Waals surface area contributed by atoms with Crippen molar-refractivity contribution in [3.05, 3.63) is 0 Å². The average Bonchev–Trinajstić information content (AvgIpc) is 2.21. The minimum atomic E-state index is -0.110. The van der Waals surface area contributed by atoms with Gasteiger partial charge in [-0.25, -0.2) is 0 Å². The first-order valence-corrected chi connectivity index (χ1v) is 5.56. The van der Waals surface area contributed by atoms with Gasteiger partial charge in [0.15, 0.2) is 0 Å². The zero-order valence-electron chi connectivity index (χ0n) is 8.87. The van der Waals surface area contributed by atoms with Crippen molar-refractivity contribution in [1.82, 2.24) is 0 Å². The molecule has 1 saturated carbocycles. The van der Waals surface area contributed by atoms with E-state index in [4.69, 9.17) is 4.74 Å². The van der Waals surface area contributed by atoms with Crippen molar-refractivity contribution in [1.29, 1.82) is 0 Å². The zero-order valence-corrected chi connectivity index (χ0v) is 8.87. The van der Waals surface area contributed by atoms with Crippen LogP contribution in [0.3, 0.4) is 0 Å². The van der Waals surface area contributed by atoms with Crippen LogP contribution in [0.4, 0.5) is 0 Å². The van der Waals surface area contributed by atoms with Crippen molar-refractivity contribution in [2.24, 2.45) is 5.92 Å². The minimum Gasteiger partial charge on any atom is -0.466 e. The molecule has 0 unspecified atom stereocenters. The molecule has 0 heterocycles. The predicted octanol–water partition coefficient (Wildman–Crippen LogP) is 1.88. The van der Waals surface area contributed by atoms with Crippen molar-refractivity contribution < 1.29 is 14.6 Å². The number of carbonyl (C=O) groups is 1. The lowest BCUT2D eigenvalue weighted by molar-refractivity contribution is -0.143. The maximum Gasteiger partial charge on any atom is 0.305 e. The summed E-state index contributed by atoms with van der Waals surface area (Å²) in [5.74, 6) is 0.531. The van der Waals surface area contributed by atoms with Crippen molar-refractivity contribution >= 4 is 5.97 Å². The number of ether oxygens (including phenoxy) is 1. The highest BCUT2D eigenvalue weighted by atomic mass is 16.5. The zero-order chi connectivity index (χ0) is 10.4. The Balaban J connectivity index is 2.04. The minimum absolute atomic E-state index is 0.0931. The highest BCUT2D eigenvalue weighted by Gasteiger charge is 2.19. The second kappa shape index (κ2) is 6.02. The number of hydrogen-bond acceptors (Lipinski definition) is 3. The summed E-state index contributed by atoms with van der Waals surface area (Å²) in [7, 11) is 0. The van der Waals surface area contributed by atoms with Crippen LogP contribution in [0.1, 0.15) is 45.4 Å². The first kappa shape index (κ1) is 11.5. The third-order valence-electron chi connectivity index (χ3n) is 2.89.